The molecule has 1 aliphatic heterocycles. The first kappa shape index (κ1) is 15.1. The molecule has 2 N–H and O–H groups in total. The van der Waals surface area contributed by atoms with Gasteiger partial charge in [-0.15, -0.1) is 0 Å². The molecule has 20 heavy (non-hydrogen) atoms. The number of hydrogen-bond acceptors (Lipinski definition) is 4. The summed E-state index contributed by atoms with van der Waals surface area (Å²) >= 11 is 1.22. The van der Waals surface area contributed by atoms with E-state index in [1.54, 1.807) is 6.92 Å². The van der Waals surface area contributed by atoms with E-state index in [4.69, 9.17) is 0 Å². The second-order valence-electron chi connectivity index (χ2n) is 5.33. The Kier molecular flexibility index (Phi) is 4.50. The maximum absolute atomic E-state index is 12.3. The standard InChI is InChI=1S/C15H20N2O2S/c1-8-5-9(2)13(10(3)6-8)17-14(18)12-7-20-15(19)11(4)16-12/h5-6,11-12,16H,7H2,1-4H3,(H,17,18)/t11-,12+/m1/s1. The first-order chi connectivity index (χ1) is 9.38. The summed E-state index contributed by atoms with van der Waals surface area (Å²) in [5.74, 6) is 0.408. The fourth-order valence-electron chi connectivity index (χ4n) is 2.45. The van der Waals surface area contributed by atoms with Gasteiger partial charge in [0.15, 0.2) is 0 Å². The summed E-state index contributed by atoms with van der Waals surface area (Å²) in [7, 11) is 0. The third-order valence-corrected chi connectivity index (χ3v) is 4.58. The smallest absolute Gasteiger partial charge is 0.242 e. The average molecular weight is 292 g/mol. The first-order valence-corrected chi connectivity index (χ1v) is 7.68. The van der Waals surface area contributed by atoms with Crippen molar-refractivity contribution in [3.8, 4) is 0 Å². The molecule has 0 bridgehead atoms. The van der Waals surface area contributed by atoms with Gasteiger partial charge in [0.2, 0.25) is 11.0 Å². The molecule has 1 aromatic carbocycles. The largest absolute Gasteiger partial charge is 0.324 e. The predicted octanol–water partition coefficient (Wildman–Crippen LogP) is 2.17. The average Bonchev–Trinajstić information content (AvgIpc) is 2.36. The Hall–Kier alpha value is -1.33. The maximum Gasteiger partial charge on any atom is 0.242 e. The molecule has 1 fully saturated rings. The lowest BCUT2D eigenvalue weighted by molar-refractivity contribution is -0.118. The van der Waals surface area contributed by atoms with Gasteiger partial charge in [0.05, 0.1) is 12.1 Å². The van der Waals surface area contributed by atoms with Crippen molar-refractivity contribution in [2.45, 2.75) is 39.8 Å². The maximum atomic E-state index is 12.3. The van der Waals surface area contributed by atoms with Gasteiger partial charge in [-0.25, -0.2) is 0 Å². The van der Waals surface area contributed by atoms with Gasteiger partial charge in [0.25, 0.3) is 0 Å². The minimum atomic E-state index is -0.326. The zero-order valence-electron chi connectivity index (χ0n) is 12.2. The van der Waals surface area contributed by atoms with Crippen LogP contribution in [0, 0.1) is 20.8 Å². The number of anilines is 1. The molecule has 0 aliphatic carbocycles. The van der Waals surface area contributed by atoms with Crippen LogP contribution in [0.4, 0.5) is 5.69 Å². The Balaban J connectivity index is 2.11. The summed E-state index contributed by atoms with van der Waals surface area (Å²) in [5, 5.41) is 6.13. The topological polar surface area (TPSA) is 58.2 Å². The lowest BCUT2D eigenvalue weighted by atomic mass is 10.0. The molecule has 0 spiro atoms. The van der Waals surface area contributed by atoms with Gasteiger partial charge < -0.3 is 5.32 Å². The molecule has 1 aliphatic rings. The summed E-state index contributed by atoms with van der Waals surface area (Å²) in [6, 6.07) is 3.51. The van der Waals surface area contributed by atoms with E-state index in [0.29, 0.717) is 5.75 Å². The highest BCUT2D eigenvalue weighted by atomic mass is 32.2. The summed E-state index contributed by atoms with van der Waals surface area (Å²) in [4.78, 5) is 23.7. The molecule has 1 saturated heterocycles. The van der Waals surface area contributed by atoms with Crippen LogP contribution in [0.15, 0.2) is 12.1 Å². The van der Waals surface area contributed by atoms with Crippen LogP contribution in [0.5, 0.6) is 0 Å². The SMILES string of the molecule is Cc1cc(C)c(NC(=O)[C@@H]2CSC(=O)[C@@H](C)N2)c(C)c1. The second-order valence-corrected chi connectivity index (χ2v) is 6.36. The van der Waals surface area contributed by atoms with Gasteiger partial charge in [-0.2, -0.15) is 0 Å². The summed E-state index contributed by atoms with van der Waals surface area (Å²) < 4.78 is 0. The predicted molar refractivity (Wildman–Crippen MR) is 83.1 cm³/mol. The molecular formula is C15H20N2O2S. The van der Waals surface area contributed by atoms with Crippen LogP contribution < -0.4 is 10.6 Å². The number of carbonyl (C=O) groups excluding carboxylic acids is 2. The van der Waals surface area contributed by atoms with Crippen LogP contribution in [0.2, 0.25) is 0 Å². The summed E-state index contributed by atoms with van der Waals surface area (Å²) in [6.45, 7) is 7.81. The normalized spacial score (nSPS) is 22.7. The van der Waals surface area contributed by atoms with Crippen molar-refractivity contribution in [1.82, 2.24) is 5.32 Å². The van der Waals surface area contributed by atoms with E-state index in [2.05, 4.69) is 22.8 Å². The van der Waals surface area contributed by atoms with Gasteiger partial charge in [-0.3, -0.25) is 14.9 Å². The van der Waals surface area contributed by atoms with Crippen molar-refractivity contribution in [2.24, 2.45) is 0 Å². The lowest BCUT2D eigenvalue weighted by Crippen LogP contribution is -2.52. The number of carbonyl (C=O) groups is 2. The van der Waals surface area contributed by atoms with Gasteiger partial charge in [-0.1, -0.05) is 29.5 Å². The van der Waals surface area contributed by atoms with Crippen molar-refractivity contribution in [3.05, 3.63) is 28.8 Å². The third kappa shape index (κ3) is 3.22. The van der Waals surface area contributed by atoms with E-state index < -0.39 is 0 Å². The molecule has 1 heterocycles. The molecule has 1 amide bonds. The van der Waals surface area contributed by atoms with Crippen LogP contribution in [-0.4, -0.2) is 28.9 Å². The van der Waals surface area contributed by atoms with Crippen LogP contribution >= 0.6 is 11.8 Å². The second kappa shape index (κ2) is 5.97. The number of benzene rings is 1. The molecular weight excluding hydrogens is 272 g/mol. The highest BCUT2D eigenvalue weighted by molar-refractivity contribution is 8.13. The minimum Gasteiger partial charge on any atom is -0.324 e. The highest BCUT2D eigenvalue weighted by Crippen LogP contribution is 2.23. The fraction of sp³-hybridized carbons (Fsp3) is 0.467. The quantitative estimate of drug-likeness (QED) is 0.877. The molecule has 0 saturated carbocycles. The Labute approximate surface area is 123 Å². The number of nitrogens with one attached hydrogen (secondary N) is 2. The van der Waals surface area contributed by atoms with E-state index in [1.807, 2.05) is 20.8 Å². The molecule has 1 aromatic rings. The van der Waals surface area contributed by atoms with Gasteiger partial charge >= 0.3 is 0 Å². The van der Waals surface area contributed by atoms with Crippen LogP contribution in [0.25, 0.3) is 0 Å². The van der Waals surface area contributed by atoms with E-state index in [1.165, 1.54) is 17.3 Å². The minimum absolute atomic E-state index is 0.0769. The van der Waals surface area contributed by atoms with Crippen LogP contribution in [0.1, 0.15) is 23.6 Å². The number of hydrogen-bond donors (Lipinski definition) is 2. The number of amides is 1. The van der Waals surface area contributed by atoms with Crippen LogP contribution in [-0.2, 0) is 9.59 Å². The lowest BCUT2D eigenvalue weighted by Gasteiger charge is -2.26. The zero-order valence-corrected chi connectivity index (χ0v) is 13.1. The van der Waals surface area contributed by atoms with Crippen molar-refractivity contribution < 1.29 is 9.59 Å². The number of rotatable bonds is 2. The molecule has 0 radical (unpaired) electrons. The molecule has 2 rings (SSSR count). The summed E-state index contributed by atoms with van der Waals surface area (Å²) in [5.41, 5.74) is 4.17. The zero-order chi connectivity index (χ0) is 14.9. The summed E-state index contributed by atoms with van der Waals surface area (Å²) in [6.07, 6.45) is 0. The highest BCUT2D eigenvalue weighted by Gasteiger charge is 2.30. The van der Waals surface area contributed by atoms with E-state index in [0.717, 1.165) is 16.8 Å². The molecule has 0 aromatic heterocycles. The van der Waals surface area contributed by atoms with Crippen molar-refractivity contribution in [2.75, 3.05) is 11.1 Å². The first-order valence-electron chi connectivity index (χ1n) is 6.70. The van der Waals surface area contributed by atoms with E-state index in [-0.39, 0.29) is 23.1 Å². The Morgan fingerprint density at radius 1 is 1.30 bits per heavy atom. The Morgan fingerprint density at radius 3 is 2.45 bits per heavy atom. The Morgan fingerprint density at radius 2 is 1.90 bits per heavy atom. The van der Waals surface area contributed by atoms with Crippen molar-refractivity contribution in [3.63, 3.8) is 0 Å². The third-order valence-electron chi connectivity index (χ3n) is 3.44. The van der Waals surface area contributed by atoms with Gasteiger partial charge in [0.1, 0.15) is 0 Å². The molecule has 0 unspecified atom stereocenters. The molecule has 108 valence electrons. The van der Waals surface area contributed by atoms with Crippen molar-refractivity contribution >= 4 is 28.5 Å². The van der Waals surface area contributed by atoms with Crippen molar-refractivity contribution in [1.29, 1.82) is 0 Å². The molecule has 5 heteroatoms. The van der Waals surface area contributed by atoms with E-state index in [9.17, 15) is 9.59 Å². The Bertz CT molecular complexity index is 534. The molecule has 2 atom stereocenters. The monoisotopic (exact) mass is 292 g/mol. The van der Waals surface area contributed by atoms with Gasteiger partial charge in [-0.05, 0) is 38.8 Å². The number of aryl methyl sites for hydroxylation is 3. The molecule has 4 nitrogen and oxygen atoms in total. The van der Waals surface area contributed by atoms with Gasteiger partial charge in [0, 0.05) is 11.4 Å². The van der Waals surface area contributed by atoms with Crippen LogP contribution in [0.3, 0.4) is 0 Å². The fourth-order valence-corrected chi connectivity index (χ4v) is 3.34. The number of thioether (sulfide) groups is 1. The van der Waals surface area contributed by atoms with E-state index >= 15 is 0 Å².